The van der Waals surface area contributed by atoms with Crippen molar-refractivity contribution in [3.05, 3.63) is 16.2 Å². The number of carbonyl (C=O) groups excluding carboxylic acids is 1. The second kappa shape index (κ2) is 9.97. The summed E-state index contributed by atoms with van der Waals surface area (Å²) in [7, 11) is 1.39. The number of likely N-dealkylation sites (N-methyl/N-ethyl adjacent to an activating group) is 1. The number of rotatable bonds is 11. The average molecular weight is 457 g/mol. The number of anilines is 1. The monoisotopic (exact) mass is 456 g/mol. The molecule has 0 radical (unpaired) electrons. The van der Waals surface area contributed by atoms with E-state index in [1.54, 1.807) is 6.92 Å². The number of aromatic nitrogens is 4. The second-order valence-electron chi connectivity index (χ2n) is 8.17. The number of aliphatic hydroxyl groups is 1. The van der Waals surface area contributed by atoms with Crippen LogP contribution >= 0.6 is 0 Å². The van der Waals surface area contributed by atoms with Crippen LogP contribution in [0.2, 0.25) is 0 Å². The van der Waals surface area contributed by atoms with Gasteiger partial charge in [0.25, 0.3) is 5.56 Å². The molecule has 0 aromatic carbocycles. The van der Waals surface area contributed by atoms with Gasteiger partial charge in [0.05, 0.1) is 6.61 Å². The molecule has 0 saturated carbocycles. The SMILES string of the molecule is [2H]C([2H])(C)[C@]([2H])(C([2H])(C)C)C(C)(NC)C(=O)OCC(C)(CO)OCn1c(C)nc2c(=O)[nH]c(N)nc21. The van der Waals surface area contributed by atoms with Crippen LogP contribution in [-0.2, 0) is 21.0 Å². The zero-order chi connectivity index (χ0) is 27.9. The molecule has 3 atom stereocenters. The van der Waals surface area contributed by atoms with E-state index >= 15 is 0 Å². The zero-order valence-electron chi connectivity index (χ0n) is 23.6. The fourth-order valence-electron chi connectivity index (χ4n) is 3.34. The molecule has 0 bridgehead atoms. The van der Waals surface area contributed by atoms with Gasteiger partial charge in [0.2, 0.25) is 5.95 Å². The minimum atomic E-state index is -2.28. The number of ether oxygens (including phenoxy) is 2. The van der Waals surface area contributed by atoms with Gasteiger partial charge in [-0.05, 0) is 39.6 Å². The van der Waals surface area contributed by atoms with E-state index in [4.69, 9.17) is 20.7 Å². The predicted octanol–water partition coefficient (Wildman–Crippen LogP) is 0.939. The molecule has 2 heterocycles. The Bertz CT molecular complexity index is 1160. The molecule has 0 saturated heterocycles. The molecule has 32 heavy (non-hydrogen) atoms. The highest BCUT2D eigenvalue weighted by Gasteiger charge is 2.43. The van der Waals surface area contributed by atoms with Gasteiger partial charge in [0.15, 0.2) is 11.2 Å². The highest BCUT2D eigenvalue weighted by Crippen LogP contribution is 2.29. The number of nitrogens with two attached hydrogens (primary N) is 1. The Kier molecular flexibility index (Phi) is 6.27. The third kappa shape index (κ3) is 5.11. The van der Waals surface area contributed by atoms with Crippen molar-refractivity contribution < 1.29 is 24.9 Å². The van der Waals surface area contributed by atoms with Crippen molar-refractivity contribution in [3.8, 4) is 0 Å². The molecule has 0 spiro atoms. The highest BCUT2D eigenvalue weighted by atomic mass is 16.6. The third-order valence-corrected chi connectivity index (χ3v) is 5.36. The molecule has 5 N–H and O–H groups in total. The Morgan fingerprint density at radius 1 is 1.44 bits per heavy atom. The van der Waals surface area contributed by atoms with Gasteiger partial charge in [-0.1, -0.05) is 27.1 Å². The molecule has 0 fully saturated rings. The molecule has 180 valence electrons. The van der Waals surface area contributed by atoms with Crippen molar-refractivity contribution in [3.63, 3.8) is 0 Å². The maximum atomic E-state index is 13.3. The summed E-state index contributed by atoms with van der Waals surface area (Å²) >= 11 is 0. The van der Waals surface area contributed by atoms with Crippen molar-refractivity contribution in [2.75, 3.05) is 26.0 Å². The van der Waals surface area contributed by atoms with E-state index in [0.717, 1.165) is 6.92 Å². The molecule has 0 amide bonds. The largest absolute Gasteiger partial charge is 0.461 e. The fraction of sp³-hybridized carbons (Fsp3) is 0.714. The minimum absolute atomic E-state index is 0.0610. The Morgan fingerprint density at radius 2 is 2.09 bits per heavy atom. The number of carbonyl (C=O) groups is 1. The van der Waals surface area contributed by atoms with Crippen molar-refractivity contribution in [2.45, 2.75) is 65.8 Å². The number of hydrogen-bond acceptors (Lipinski definition) is 9. The molecule has 11 nitrogen and oxygen atoms in total. The molecule has 2 rings (SSSR count). The lowest BCUT2D eigenvalue weighted by Crippen LogP contribution is -2.56. The summed E-state index contributed by atoms with van der Waals surface area (Å²) in [6.07, 6.45) is -2.28. The third-order valence-electron chi connectivity index (χ3n) is 5.36. The zero-order valence-corrected chi connectivity index (χ0v) is 19.6. The molecule has 2 unspecified atom stereocenters. The Labute approximate surface area is 193 Å². The summed E-state index contributed by atoms with van der Waals surface area (Å²) in [6, 6.07) is 0. The number of H-pyrrole nitrogens is 1. The van der Waals surface area contributed by atoms with E-state index in [1.807, 2.05) is 0 Å². The van der Waals surface area contributed by atoms with E-state index in [0.29, 0.717) is 5.82 Å². The summed E-state index contributed by atoms with van der Waals surface area (Å²) in [5.41, 5.74) is 1.99. The van der Waals surface area contributed by atoms with Gasteiger partial charge in [0.1, 0.15) is 30.3 Å². The normalized spacial score (nSPS) is 20.2. The van der Waals surface area contributed by atoms with Gasteiger partial charge in [-0.3, -0.25) is 19.1 Å². The molecule has 0 aliphatic rings. The van der Waals surface area contributed by atoms with E-state index in [1.165, 1.54) is 39.3 Å². The number of nitrogen functional groups attached to an aromatic ring is 1. The fourth-order valence-corrected chi connectivity index (χ4v) is 3.34. The van der Waals surface area contributed by atoms with E-state index < -0.39 is 54.0 Å². The lowest BCUT2D eigenvalue weighted by atomic mass is 9.76. The molecule has 0 aliphatic heterocycles. The van der Waals surface area contributed by atoms with Crippen molar-refractivity contribution >= 4 is 23.1 Å². The van der Waals surface area contributed by atoms with Gasteiger partial charge in [-0.25, -0.2) is 4.98 Å². The summed E-state index contributed by atoms with van der Waals surface area (Å²) in [5, 5.41) is 12.7. The van der Waals surface area contributed by atoms with Gasteiger partial charge < -0.3 is 25.6 Å². The summed E-state index contributed by atoms with van der Waals surface area (Å²) in [4.78, 5) is 36.0. The number of nitrogens with one attached hydrogen (secondary N) is 2. The Hall–Kier alpha value is -2.50. The molecule has 0 aliphatic carbocycles. The first-order chi connectivity index (χ1) is 16.3. The Morgan fingerprint density at radius 3 is 2.62 bits per heavy atom. The topological polar surface area (TPSA) is 157 Å². The molecular weight excluding hydrogens is 416 g/mol. The van der Waals surface area contributed by atoms with Crippen LogP contribution in [0.3, 0.4) is 0 Å². The first-order valence-electron chi connectivity index (χ1n) is 12.1. The first-order valence-corrected chi connectivity index (χ1v) is 10.1. The predicted molar refractivity (Wildman–Crippen MR) is 121 cm³/mol. The van der Waals surface area contributed by atoms with Crippen LogP contribution < -0.4 is 16.6 Å². The number of aliphatic hydroxyl groups excluding tert-OH is 1. The summed E-state index contributed by atoms with van der Waals surface area (Å²) in [6.45, 7) is 7.05. The number of esters is 1. The summed E-state index contributed by atoms with van der Waals surface area (Å²) in [5.74, 6) is -4.69. The number of imidazole rings is 1. The van der Waals surface area contributed by atoms with Gasteiger partial charge in [0, 0.05) is 5.48 Å². The first kappa shape index (κ1) is 20.1. The van der Waals surface area contributed by atoms with E-state index in [9.17, 15) is 14.7 Å². The Balaban J connectivity index is 2.29. The van der Waals surface area contributed by atoms with Crippen LogP contribution in [0.1, 0.15) is 52.3 Å². The van der Waals surface area contributed by atoms with Crippen LogP contribution in [0.5, 0.6) is 0 Å². The highest BCUT2D eigenvalue weighted by molar-refractivity contribution is 5.81. The molecular formula is C21H36N6O5. The molecule has 2 aromatic rings. The van der Waals surface area contributed by atoms with E-state index in [-0.39, 0.29) is 23.8 Å². The quantitative estimate of drug-likeness (QED) is 0.361. The number of fused-ring (bicyclic) bond motifs is 1. The number of aryl methyl sites for hydroxylation is 1. The van der Waals surface area contributed by atoms with Gasteiger partial charge in [-0.2, -0.15) is 4.98 Å². The smallest absolute Gasteiger partial charge is 0.326 e. The van der Waals surface area contributed by atoms with Crippen LogP contribution in [0.15, 0.2) is 4.79 Å². The molecule has 2 aromatic heterocycles. The van der Waals surface area contributed by atoms with Crippen LogP contribution in [0.25, 0.3) is 11.2 Å². The van der Waals surface area contributed by atoms with Crippen LogP contribution in [-0.4, -0.2) is 62.0 Å². The van der Waals surface area contributed by atoms with Crippen molar-refractivity contribution in [1.29, 1.82) is 0 Å². The number of nitrogens with zero attached hydrogens (tertiary/aromatic N) is 3. The van der Waals surface area contributed by atoms with Crippen molar-refractivity contribution in [1.82, 2.24) is 24.8 Å². The second-order valence-corrected chi connectivity index (χ2v) is 8.17. The lowest BCUT2D eigenvalue weighted by molar-refractivity contribution is -0.172. The maximum absolute atomic E-state index is 13.3. The lowest BCUT2D eigenvalue weighted by Gasteiger charge is -2.38. The van der Waals surface area contributed by atoms with Crippen molar-refractivity contribution in [2.24, 2.45) is 11.8 Å². The summed E-state index contributed by atoms with van der Waals surface area (Å²) < 4.78 is 46.6. The van der Waals surface area contributed by atoms with Gasteiger partial charge in [-0.15, -0.1) is 0 Å². The number of aromatic amines is 1. The maximum Gasteiger partial charge on any atom is 0.326 e. The minimum Gasteiger partial charge on any atom is -0.461 e. The van der Waals surface area contributed by atoms with E-state index in [2.05, 4.69) is 20.3 Å². The number of hydrogen-bond donors (Lipinski definition) is 4. The van der Waals surface area contributed by atoms with Gasteiger partial charge >= 0.3 is 5.97 Å². The average Bonchev–Trinajstić information content (AvgIpc) is 3.08. The van der Waals surface area contributed by atoms with Crippen LogP contribution in [0.4, 0.5) is 5.95 Å². The standard InChI is InChI=1S/C21H36N6O5/c1-8-14(12(2)3)21(6,23-7)18(30)31-10-20(5,9-28)32-11-27-13(4)24-15-16(27)25-19(22)26-17(15)29/h12,14,23,28H,8-11H2,1-7H3,(H3,22,25,26,29)/t14-,20?,21?/m1/s1/i8D2,12D,14D. The molecule has 11 heteroatoms. The van der Waals surface area contributed by atoms with Crippen LogP contribution in [0, 0.1) is 18.7 Å².